The van der Waals surface area contributed by atoms with Gasteiger partial charge in [0.15, 0.2) is 23.3 Å². The summed E-state index contributed by atoms with van der Waals surface area (Å²) in [5.74, 6) is -11.8. The van der Waals surface area contributed by atoms with E-state index in [9.17, 15) is 26.7 Å². The Kier molecular flexibility index (Phi) is 5.84. The number of carbonyl (C=O) groups excluding carboxylic acids is 1. The van der Waals surface area contributed by atoms with Crippen LogP contribution in [0.5, 0.6) is 5.75 Å². The first-order valence-electron chi connectivity index (χ1n) is 7.59. The molecule has 0 saturated heterocycles. The highest BCUT2D eigenvalue weighted by molar-refractivity contribution is 5.94. The van der Waals surface area contributed by atoms with Crippen LogP contribution in [-0.4, -0.2) is 31.5 Å². The van der Waals surface area contributed by atoms with Crippen LogP contribution in [0.1, 0.15) is 28.8 Å². The maximum Gasteiger partial charge on any atom is 0.259 e. The molecule has 0 heterocycles. The van der Waals surface area contributed by atoms with Gasteiger partial charge in [0.05, 0.1) is 7.11 Å². The number of ether oxygens (including phenoxy) is 1. The van der Waals surface area contributed by atoms with Crippen molar-refractivity contribution in [2.75, 3.05) is 20.7 Å². The van der Waals surface area contributed by atoms with Crippen LogP contribution >= 0.6 is 0 Å². The Bertz CT molecular complexity index is 794. The number of amides is 1. The Labute approximate surface area is 147 Å². The van der Waals surface area contributed by atoms with E-state index in [1.165, 1.54) is 14.2 Å². The Morgan fingerprint density at radius 1 is 0.962 bits per heavy atom. The number of likely N-dealkylation sites (N-methyl/N-ethyl adjacent to an activating group) is 1. The zero-order valence-corrected chi connectivity index (χ0v) is 14.2. The number of benzene rings is 2. The topological polar surface area (TPSA) is 29.5 Å². The van der Waals surface area contributed by atoms with Crippen LogP contribution in [0.3, 0.4) is 0 Å². The van der Waals surface area contributed by atoms with E-state index in [-0.39, 0.29) is 12.5 Å². The highest BCUT2D eigenvalue weighted by atomic mass is 19.2. The van der Waals surface area contributed by atoms with Gasteiger partial charge >= 0.3 is 0 Å². The van der Waals surface area contributed by atoms with Crippen molar-refractivity contribution in [1.82, 2.24) is 4.90 Å². The van der Waals surface area contributed by atoms with E-state index in [1.807, 2.05) is 0 Å². The number of nitrogens with zero attached hydrogens (tertiary/aromatic N) is 1. The summed E-state index contributed by atoms with van der Waals surface area (Å²) in [6, 6.07) is 6.91. The summed E-state index contributed by atoms with van der Waals surface area (Å²) >= 11 is 0. The smallest absolute Gasteiger partial charge is 0.259 e. The van der Waals surface area contributed by atoms with Gasteiger partial charge in [-0.15, -0.1) is 0 Å². The van der Waals surface area contributed by atoms with Crippen molar-refractivity contribution < 1.29 is 31.5 Å². The third kappa shape index (κ3) is 3.63. The van der Waals surface area contributed by atoms with E-state index in [2.05, 4.69) is 0 Å². The minimum atomic E-state index is -2.30. The molecule has 0 N–H and O–H groups in total. The van der Waals surface area contributed by atoms with Gasteiger partial charge in [0.2, 0.25) is 5.82 Å². The molecule has 1 atom stereocenters. The first-order valence-corrected chi connectivity index (χ1v) is 7.59. The molecule has 1 unspecified atom stereocenters. The van der Waals surface area contributed by atoms with Crippen molar-refractivity contribution in [3.63, 3.8) is 0 Å². The normalized spacial score (nSPS) is 12.0. The molecule has 0 radical (unpaired) electrons. The fraction of sp³-hybridized carbons (Fsp3) is 0.278. The van der Waals surface area contributed by atoms with Crippen LogP contribution in [0.4, 0.5) is 22.0 Å². The van der Waals surface area contributed by atoms with Crippen LogP contribution in [0, 0.1) is 29.1 Å². The van der Waals surface area contributed by atoms with E-state index >= 15 is 0 Å². The average Bonchev–Trinajstić information content (AvgIpc) is 2.64. The molecule has 0 aliphatic carbocycles. The van der Waals surface area contributed by atoms with Crippen LogP contribution in [0.2, 0.25) is 0 Å². The van der Waals surface area contributed by atoms with Crippen LogP contribution < -0.4 is 4.74 Å². The van der Waals surface area contributed by atoms with E-state index in [0.29, 0.717) is 5.75 Å². The van der Waals surface area contributed by atoms with Gasteiger partial charge in [0.1, 0.15) is 11.3 Å². The Hall–Kier alpha value is -2.64. The van der Waals surface area contributed by atoms with Crippen LogP contribution in [0.15, 0.2) is 24.3 Å². The van der Waals surface area contributed by atoms with Gasteiger partial charge in [0.25, 0.3) is 5.91 Å². The molecular weight excluding hydrogens is 357 g/mol. The van der Waals surface area contributed by atoms with Gasteiger partial charge in [-0.25, -0.2) is 22.0 Å². The molecule has 0 aliphatic heterocycles. The molecule has 0 aliphatic rings. The zero-order chi connectivity index (χ0) is 19.6. The number of methoxy groups -OCH3 is 1. The SMILES string of the molecule is COc1ccc(C(C)CN(C)C(=O)c2c(F)c(F)c(F)c(F)c2F)cc1. The molecular formula is C18H16F5NO2. The summed E-state index contributed by atoms with van der Waals surface area (Å²) in [5.41, 5.74) is -0.659. The second kappa shape index (κ2) is 7.72. The maximum atomic E-state index is 13.8. The summed E-state index contributed by atoms with van der Waals surface area (Å²) in [4.78, 5) is 13.1. The van der Waals surface area contributed by atoms with Gasteiger partial charge in [-0.1, -0.05) is 19.1 Å². The molecule has 2 aromatic rings. The summed E-state index contributed by atoms with van der Waals surface area (Å²) in [6.45, 7) is 1.76. The lowest BCUT2D eigenvalue weighted by Gasteiger charge is -2.22. The molecule has 0 bridgehead atoms. The first-order chi connectivity index (χ1) is 12.2. The summed E-state index contributed by atoms with van der Waals surface area (Å²) in [5, 5.41) is 0. The van der Waals surface area contributed by atoms with Gasteiger partial charge < -0.3 is 9.64 Å². The fourth-order valence-electron chi connectivity index (χ4n) is 2.52. The number of rotatable bonds is 5. The lowest BCUT2D eigenvalue weighted by molar-refractivity contribution is 0.0775. The third-order valence-electron chi connectivity index (χ3n) is 4.00. The second-order valence-electron chi connectivity index (χ2n) is 5.80. The first kappa shape index (κ1) is 19.7. The monoisotopic (exact) mass is 373 g/mol. The molecule has 2 rings (SSSR count). The molecule has 0 aromatic heterocycles. The van der Waals surface area contributed by atoms with Crippen molar-refractivity contribution >= 4 is 5.91 Å². The zero-order valence-electron chi connectivity index (χ0n) is 14.2. The third-order valence-corrected chi connectivity index (χ3v) is 4.00. The Morgan fingerprint density at radius 3 is 1.88 bits per heavy atom. The Morgan fingerprint density at radius 2 is 1.42 bits per heavy atom. The number of hydrogen-bond donors (Lipinski definition) is 0. The Balaban J connectivity index is 2.24. The van der Waals surface area contributed by atoms with E-state index < -0.39 is 40.6 Å². The summed E-state index contributed by atoms with van der Waals surface area (Å²) in [7, 11) is 2.73. The van der Waals surface area contributed by atoms with Crippen molar-refractivity contribution in [2.24, 2.45) is 0 Å². The summed E-state index contributed by atoms with van der Waals surface area (Å²) in [6.07, 6.45) is 0. The predicted octanol–water partition coefficient (Wildman–Crippen LogP) is 4.27. The maximum absolute atomic E-state index is 13.8. The van der Waals surface area contributed by atoms with Gasteiger partial charge in [0, 0.05) is 13.6 Å². The molecule has 0 spiro atoms. The van der Waals surface area contributed by atoms with E-state index in [1.54, 1.807) is 31.2 Å². The van der Waals surface area contributed by atoms with Crippen molar-refractivity contribution in [2.45, 2.75) is 12.8 Å². The standard InChI is InChI=1S/C18H16F5NO2/c1-9(10-4-6-11(26-3)7-5-10)8-24(2)18(25)12-13(19)15(21)17(23)16(22)14(12)20/h4-7,9H,8H2,1-3H3. The van der Waals surface area contributed by atoms with E-state index in [0.717, 1.165) is 10.5 Å². The summed E-state index contributed by atoms with van der Waals surface area (Å²) < 4.78 is 72.2. The number of halogens is 5. The van der Waals surface area contributed by atoms with Gasteiger partial charge in [-0.2, -0.15) is 0 Å². The predicted molar refractivity (Wildman–Crippen MR) is 84.6 cm³/mol. The van der Waals surface area contributed by atoms with Gasteiger partial charge in [-0.05, 0) is 23.6 Å². The molecule has 140 valence electrons. The number of hydrogen-bond acceptors (Lipinski definition) is 2. The quantitative estimate of drug-likeness (QED) is 0.445. The van der Waals surface area contributed by atoms with Crippen LogP contribution in [0.25, 0.3) is 0 Å². The highest BCUT2D eigenvalue weighted by Crippen LogP contribution is 2.25. The number of carbonyl (C=O) groups is 1. The lowest BCUT2D eigenvalue weighted by atomic mass is 10.00. The molecule has 0 saturated carbocycles. The second-order valence-corrected chi connectivity index (χ2v) is 5.80. The molecule has 0 fully saturated rings. The molecule has 3 nitrogen and oxygen atoms in total. The average molecular weight is 373 g/mol. The van der Waals surface area contributed by atoms with E-state index in [4.69, 9.17) is 4.74 Å². The largest absolute Gasteiger partial charge is 0.497 e. The van der Waals surface area contributed by atoms with Gasteiger partial charge in [-0.3, -0.25) is 4.79 Å². The molecule has 26 heavy (non-hydrogen) atoms. The molecule has 1 amide bonds. The minimum absolute atomic E-state index is 0.00462. The molecule has 8 heteroatoms. The van der Waals surface area contributed by atoms with Crippen molar-refractivity contribution in [3.05, 3.63) is 64.5 Å². The van der Waals surface area contributed by atoms with Crippen molar-refractivity contribution in [3.8, 4) is 5.75 Å². The van der Waals surface area contributed by atoms with Crippen molar-refractivity contribution in [1.29, 1.82) is 0 Å². The highest BCUT2D eigenvalue weighted by Gasteiger charge is 2.31. The fourth-order valence-corrected chi connectivity index (χ4v) is 2.52. The minimum Gasteiger partial charge on any atom is -0.497 e. The lowest BCUT2D eigenvalue weighted by Crippen LogP contribution is -2.32. The molecule has 2 aromatic carbocycles. The van der Waals surface area contributed by atoms with Crippen LogP contribution in [-0.2, 0) is 0 Å².